The molecule has 1 N–H and O–H groups in total. The number of ether oxygens (including phenoxy) is 2. The Kier molecular flexibility index (Phi) is 4.98. The number of anilines is 1. The zero-order valence-corrected chi connectivity index (χ0v) is 9.62. The minimum absolute atomic E-state index is 0.376. The van der Waals surface area contributed by atoms with Crippen LogP contribution in [0.4, 0.5) is 5.69 Å². The molecule has 0 saturated carbocycles. The zero-order valence-electron chi connectivity index (χ0n) is 9.62. The van der Waals surface area contributed by atoms with Crippen molar-refractivity contribution >= 4 is 5.69 Å². The summed E-state index contributed by atoms with van der Waals surface area (Å²) >= 11 is 0. The van der Waals surface area contributed by atoms with Crippen LogP contribution < -0.4 is 10.1 Å². The number of nitrogens with one attached hydrogen (secondary N) is 1. The lowest BCUT2D eigenvalue weighted by atomic mass is 10.2. The molecule has 0 bridgehead atoms. The lowest BCUT2D eigenvalue weighted by molar-refractivity contribution is 0.191. The topological polar surface area (TPSA) is 30.5 Å². The molecule has 0 heterocycles. The van der Waals surface area contributed by atoms with Crippen LogP contribution in [0.25, 0.3) is 0 Å². The van der Waals surface area contributed by atoms with Crippen LogP contribution in [0, 0.1) is 0 Å². The van der Waals surface area contributed by atoms with E-state index in [2.05, 4.69) is 12.2 Å². The number of hydrogen-bond donors (Lipinski definition) is 1. The first kappa shape index (κ1) is 11.9. The molecule has 0 saturated heterocycles. The fourth-order valence-electron chi connectivity index (χ4n) is 1.40. The van der Waals surface area contributed by atoms with Crippen molar-refractivity contribution in [3.8, 4) is 5.75 Å². The summed E-state index contributed by atoms with van der Waals surface area (Å²) in [6.45, 7) is 2.90. The van der Waals surface area contributed by atoms with Crippen LogP contribution in [0.5, 0.6) is 5.75 Å². The summed E-state index contributed by atoms with van der Waals surface area (Å²) in [5.41, 5.74) is 1.03. The van der Waals surface area contributed by atoms with Crippen LogP contribution in [0.15, 0.2) is 24.3 Å². The van der Waals surface area contributed by atoms with Crippen molar-refractivity contribution in [2.75, 3.05) is 26.1 Å². The van der Waals surface area contributed by atoms with Gasteiger partial charge in [0.25, 0.3) is 0 Å². The highest BCUT2D eigenvalue weighted by Gasteiger charge is 2.05. The molecule has 0 aliphatic rings. The molecule has 15 heavy (non-hydrogen) atoms. The fourth-order valence-corrected chi connectivity index (χ4v) is 1.40. The summed E-state index contributed by atoms with van der Waals surface area (Å²) in [7, 11) is 3.40. The molecule has 84 valence electrons. The van der Waals surface area contributed by atoms with Crippen molar-refractivity contribution in [2.24, 2.45) is 0 Å². The van der Waals surface area contributed by atoms with Crippen molar-refractivity contribution in [1.82, 2.24) is 0 Å². The molecule has 1 aromatic rings. The summed E-state index contributed by atoms with van der Waals surface area (Å²) in [5, 5.41) is 3.39. The fraction of sp³-hybridized carbons (Fsp3) is 0.500. The summed E-state index contributed by atoms with van der Waals surface area (Å²) in [5.74, 6) is 0.877. The van der Waals surface area contributed by atoms with Gasteiger partial charge in [-0.2, -0.15) is 0 Å². The maximum Gasteiger partial charge on any atom is 0.141 e. The lowest BCUT2D eigenvalue weighted by Crippen LogP contribution is -2.17. The highest BCUT2D eigenvalue weighted by Crippen LogP contribution is 2.23. The van der Waals surface area contributed by atoms with Crippen LogP contribution >= 0.6 is 0 Å². The average molecular weight is 209 g/mol. The van der Waals surface area contributed by atoms with Gasteiger partial charge in [-0.3, -0.25) is 0 Å². The Labute approximate surface area is 91.4 Å². The Hall–Kier alpha value is -1.22. The summed E-state index contributed by atoms with van der Waals surface area (Å²) in [4.78, 5) is 0. The molecule has 1 atom stereocenters. The number of methoxy groups -OCH3 is 2. The zero-order chi connectivity index (χ0) is 11.1. The van der Waals surface area contributed by atoms with Crippen molar-refractivity contribution in [3.05, 3.63) is 24.3 Å². The minimum Gasteiger partial charge on any atom is -0.495 e. The first-order valence-corrected chi connectivity index (χ1v) is 5.16. The first-order chi connectivity index (χ1) is 7.27. The molecular formula is C12H19NO2. The van der Waals surface area contributed by atoms with Crippen LogP contribution in [0.1, 0.15) is 13.3 Å². The van der Waals surface area contributed by atoms with E-state index in [-0.39, 0.29) is 0 Å². The van der Waals surface area contributed by atoms with E-state index < -0.39 is 0 Å². The molecule has 1 unspecified atom stereocenters. The molecule has 0 aliphatic carbocycles. The van der Waals surface area contributed by atoms with Crippen LogP contribution in [-0.4, -0.2) is 26.9 Å². The highest BCUT2D eigenvalue weighted by atomic mass is 16.5. The molecule has 1 rings (SSSR count). The Morgan fingerprint density at radius 3 is 2.67 bits per heavy atom. The molecule has 1 aromatic carbocycles. The molecule has 0 amide bonds. The van der Waals surface area contributed by atoms with Gasteiger partial charge in [0.05, 0.1) is 12.8 Å². The monoisotopic (exact) mass is 209 g/mol. The van der Waals surface area contributed by atoms with Gasteiger partial charge >= 0.3 is 0 Å². The minimum atomic E-state index is 0.376. The maximum atomic E-state index is 5.26. The van der Waals surface area contributed by atoms with Crippen LogP contribution in [-0.2, 0) is 4.74 Å². The number of para-hydroxylation sites is 2. The highest BCUT2D eigenvalue weighted by molar-refractivity contribution is 5.56. The van der Waals surface area contributed by atoms with Gasteiger partial charge < -0.3 is 14.8 Å². The Morgan fingerprint density at radius 1 is 1.27 bits per heavy atom. The molecular weight excluding hydrogens is 190 g/mol. The summed E-state index contributed by atoms with van der Waals surface area (Å²) in [6, 6.07) is 8.30. The second-order valence-corrected chi connectivity index (χ2v) is 3.53. The van der Waals surface area contributed by atoms with Gasteiger partial charge in [-0.25, -0.2) is 0 Å². The normalized spacial score (nSPS) is 12.2. The molecule has 0 spiro atoms. The van der Waals surface area contributed by atoms with Crippen LogP contribution in [0.3, 0.4) is 0 Å². The van der Waals surface area contributed by atoms with Gasteiger partial charge in [0.2, 0.25) is 0 Å². The Morgan fingerprint density at radius 2 is 2.00 bits per heavy atom. The standard InChI is InChI=1S/C12H19NO2/c1-10(8-9-14-2)13-11-6-4-5-7-12(11)15-3/h4-7,10,13H,8-9H2,1-3H3. The van der Waals surface area contributed by atoms with Crippen molar-refractivity contribution < 1.29 is 9.47 Å². The van der Waals surface area contributed by atoms with Gasteiger partial charge in [-0.05, 0) is 25.5 Å². The Bertz CT molecular complexity index is 289. The third-order valence-electron chi connectivity index (χ3n) is 2.26. The first-order valence-electron chi connectivity index (χ1n) is 5.16. The van der Waals surface area contributed by atoms with Crippen molar-refractivity contribution in [2.45, 2.75) is 19.4 Å². The second kappa shape index (κ2) is 6.30. The largest absolute Gasteiger partial charge is 0.495 e. The van der Waals surface area contributed by atoms with Gasteiger partial charge in [0.15, 0.2) is 0 Å². The molecule has 3 nitrogen and oxygen atoms in total. The molecule has 0 radical (unpaired) electrons. The maximum absolute atomic E-state index is 5.26. The van der Waals surface area contributed by atoms with E-state index in [1.807, 2.05) is 24.3 Å². The SMILES string of the molecule is COCCC(C)Nc1ccccc1OC. The van der Waals surface area contributed by atoms with E-state index in [0.717, 1.165) is 24.5 Å². The molecule has 0 fully saturated rings. The average Bonchev–Trinajstić information content (AvgIpc) is 2.27. The van der Waals surface area contributed by atoms with Gasteiger partial charge in [0, 0.05) is 19.8 Å². The molecule has 3 heteroatoms. The number of benzene rings is 1. The van der Waals surface area contributed by atoms with E-state index in [9.17, 15) is 0 Å². The lowest BCUT2D eigenvalue weighted by Gasteiger charge is -2.16. The van der Waals surface area contributed by atoms with E-state index in [1.165, 1.54) is 0 Å². The molecule has 0 aromatic heterocycles. The van der Waals surface area contributed by atoms with Gasteiger partial charge in [-0.15, -0.1) is 0 Å². The van der Waals surface area contributed by atoms with E-state index >= 15 is 0 Å². The third kappa shape index (κ3) is 3.80. The Balaban J connectivity index is 2.55. The predicted molar refractivity (Wildman–Crippen MR) is 62.6 cm³/mol. The second-order valence-electron chi connectivity index (χ2n) is 3.53. The van der Waals surface area contributed by atoms with E-state index in [4.69, 9.17) is 9.47 Å². The summed E-state index contributed by atoms with van der Waals surface area (Å²) in [6.07, 6.45) is 0.981. The number of hydrogen-bond acceptors (Lipinski definition) is 3. The van der Waals surface area contributed by atoms with Crippen molar-refractivity contribution in [1.29, 1.82) is 0 Å². The third-order valence-corrected chi connectivity index (χ3v) is 2.26. The smallest absolute Gasteiger partial charge is 0.141 e. The van der Waals surface area contributed by atoms with Crippen molar-refractivity contribution in [3.63, 3.8) is 0 Å². The number of rotatable bonds is 6. The van der Waals surface area contributed by atoms with Crippen LogP contribution in [0.2, 0.25) is 0 Å². The quantitative estimate of drug-likeness (QED) is 0.781. The van der Waals surface area contributed by atoms with E-state index in [1.54, 1.807) is 14.2 Å². The van der Waals surface area contributed by atoms with Gasteiger partial charge in [0.1, 0.15) is 5.75 Å². The predicted octanol–water partition coefficient (Wildman–Crippen LogP) is 2.53. The summed E-state index contributed by atoms with van der Waals surface area (Å²) < 4.78 is 10.3. The molecule has 0 aliphatic heterocycles. The van der Waals surface area contributed by atoms with E-state index in [0.29, 0.717) is 6.04 Å². The van der Waals surface area contributed by atoms with Gasteiger partial charge in [-0.1, -0.05) is 12.1 Å².